The topological polar surface area (TPSA) is 122 Å². The molecule has 1 rings (SSSR count). The SMILES string of the molecule is CCCS(=O)(=O)Nc1cccc(C(=O)NC(C)(COC)CC(=O)O)c1. The number of carboxylic acids is 1. The van der Waals surface area contributed by atoms with E-state index in [1.54, 1.807) is 19.9 Å². The van der Waals surface area contributed by atoms with Crippen molar-refractivity contribution < 1.29 is 27.9 Å². The summed E-state index contributed by atoms with van der Waals surface area (Å²) in [4.78, 5) is 23.4. The van der Waals surface area contributed by atoms with Gasteiger partial charge in [-0.15, -0.1) is 0 Å². The molecule has 0 aliphatic rings. The van der Waals surface area contributed by atoms with Gasteiger partial charge in [0.25, 0.3) is 5.91 Å². The van der Waals surface area contributed by atoms with Crippen LogP contribution in [0.5, 0.6) is 0 Å². The second-order valence-corrected chi connectivity index (χ2v) is 7.86. The highest BCUT2D eigenvalue weighted by Crippen LogP contribution is 2.16. The number of rotatable bonds is 10. The lowest BCUT2D eigenvalue weighted by molar-refractivity contribution is -0.139. The fourth-order valence-corrected chi connectivity index (χ4v) is 3.48. The molecule has 0 radical (unpaired) electrons. The molecule has 9 heteroatoms. The van der Waals surface area contributed by atoms with Crippen molar-refractivity contribution in [1.82, 2.24) is 5.32 Å². The molecule has 1 aromatic rings. The van der Waals surface area contributed by atoms with Crippen molar-refractivity contribution in [2.45, 2.75) is 32.2 Å². The molecule has 0 aromatic heterocycles. The Morgan fingerprint density at radius 3 is 2.56 bits per heavy atom. The van der Waals surface area contributed by atoms with E-state index in [0.29, 0.717) is 6.42 Å². The van der Waals surface area contributed by atoms with Crippen LogP contribution in [0.2, 0.25) is 0 Å². The molecule has 25 heavy (non-hydrogen) atoms. The first-order chi connectivity index (χ1) is 11.6. The standard InChI is InChI=1S/C16H24N2O6S/c1-4-8-25(22,23)18-13-7-5-6-12(9-13)15(21)17-16(2,11-24-3)10-14(19)20/h5-7,9,18H,4,8,10-11H2,1-3H3,(H,17,21)(H,19,20). The summed E-state index contributed by atoms with van der Waals surface area (Å²) in [5.41, 5.74) is -0.604. The van der Waals surface area contributed by atoms with Crippen LogP contribution in [0.25, 0.3) is 0 Å². The molecule has 0 heterocycles. The Hall–Kier alpha value is -2.13. The van der Waals surface area contributed by atoms with Crippen LogP contribution in [-0.2, 0) is 19.6 Å². The smallest absolute Gasteiger partial charge is 0.305 e. The van der Waals surface area contributed by atoms with Gasteiger partial charge < -0.3 is 15.2 Å². The van der Waals surface area contributed by atoms with Gasteiger partial charge in [-0.05, 0) is 31.5 Å². The molecule has 1 aromatic carbocycles. The van der Waals surface area contributed by atoms with Gasteiger partial charge in [-0.1, -0.05) is 13.0 Å². The van der Waals surface area contributed by atoms with Gasteiger partial charge in [0.1, 0.15) is 0 Å². The van der Waals surface area contributed by atoms with Crippen molar-refractivity contribution >= 4 is 27.6 Å². The lowest BCUT2D eigenvalue weighted by Gasteiger charge is -2.28. The number of nitrogens with one attached hydrogen (secondary N) is 2. The highest BCUT2D eigenvalue weighted by molar-refractivity contribution is 7.92. The van der Waals surface area contributed by atoms with E-state index in [1.807, 2.05) is 0 Å². The highest BCUT2D eigenvalue weighted by atomic mass is 32.2. The van der Waals surface area contributed by atoms with Crippen LogP contribution in [0.3, 0.4) is 0 Å². The lowest BCUT2D eigenvalue weighted by Crippen LogP contribution is -2.50. The molecule has 3 N–H and O–H groups in total. The third-order valence-electron chi connectivity index (χ3n) is 3.29. The van der Waals surface area contributed by atoms with Crippen molar-refractivity contribution in [3.05, 3.63) is 29.8 Å². The molecular formula is C16H24N2O6S. The molecule has 0 bridgehead atoms. The Balaban J connectivity index is 2.95. The van der Waals surface area contributed by atoms with E-state index in [4.69, 9.17) is 9.84 Å². The fraction of sp³-hybridized carbons (Fsp3) is 0.500. The van der Waals surface area contributed by atoms with Crippen LogP contribution >= 0.6 is 0 Å². The zero-order valence-electron chi connectivity index (χ0n) is 14.5. The predicted molar refractivity (Wildman–Crippen MR) is 94.1 cm³/mol. The van der Waals surface area contributed by atoms with Gasteiger partial charge in [0.15, 0.2) is 0 Å². The van der Waals surface area contributed by atoms with Gasteiger partial charge >= 0.3 is 5.97 Å². The van der Waals surface area contributed by atoms with E-state index in [0.717, 1.165) is 0 Å². The lowest BCUT2D eigenvalue weighted by atomic mass is 9.98. The van der Waals surface area contributed by atoms with E-state index in [9.17, 15) is 18.0 Å². The molecule has 8 nitrogen and oxygen atoms in total. The maximum absolute atomic E-state index is 12.4. The zero-order chi connectivity index (χ0) is 19.1. The Labute approximate surface area is 147 Å². The van der Waals surface area contributed by atoms with Gasteiger partial charge in [-0.3, -0.25) is 14.3 Å². The first kappa shape index (κ1) is 20.9. The molecule has 0 aliphatic heterocycles. The number of anilines is 1. The van der Waals surface area contributed by atoms with Gasteiger partial charge in [0.05, 0.1) is 24.3 Å². The second-order valence-electron chi connectivity index (χ2n) is 6.02. The molecule has 1 atom stereocenters. The van der Waals surface area contributed by atoms with Crippen LogP contribution in [0.1, 0.15) is 37.0 Å². The van der Waals surface area contributed by atoms with Crippen LogP contribution in [0.4, 0.5) is 5.69 Å². The maximum atomic E-state index is 12.4. The average molecular weight is 372 g/mol. The molecule has 140 valence electrons. The summed E-state index contributed by atoms with van der Waals surface area (Å²) in [5, 5.41) is 11.6. The minimum Gasteiger partial charge on any atom is -0.481 e. The summed E-state index contributed by atoms with van der Waals surface area (Å²) in [7, 11) is -2.05. The van der Waals surface area contributed by atoms with E-state index >= 15 is 0 Å². The monoisotopic (exact) mass is 372 g/mol. The van der Waals surface area contributed by atoms with Gasteiger partial charge in [0.2, 0.25) is 10.0 Å². The first-order valence-corrected chi connectivity index (χ1v) is 9.40. The van der Waals surface area contributed by atoms with Crippen LogP contribution in [0.15, 0.2) is 24.3 Å². The van der Waals surface area contributed by atoms with Crippen molar-refractivity contribution in [3.63, 3.8) is 0 Å². The molecule has 0 saturated heterocycles. The minimum atomic E-state index is -3.47. The van der Waals surface area contributed by atoms with E-state index in [2.05, 4.69) is 10.0 Å². The van der Waals surface area contributed by atoms with Gasteiger partial charge in [-0.2, -0.15) is 0 Å². The summed E-state index contributed by atoms with van der Waals surface area (Å²) >= 11 is 0. The molecule has 0 saturated carbocycles. The van der Waals surface area contributed by atoms with Crippen LogP contribution < -0.4 is 10.0 Å². The summed E-state index contributed by atoms with van der Waals surface area (Å²) in [6.07, 6.45) is 0.162. The van der Waals surface area contributed by atoms with Gasteiger partial charge in [0, 0.05) is 18.4 Å². The van der Waals surface area contributed by atoms with Crippen LogP contribution in [-0.4, -0.2) is 50.4 Å². The number of sulfonamides is 1. The summed E-state index contributed by atoms with van der Waals surface area (Å²) in [6.45, 7) is 3.34. The number of benzene rings is 1. The summed E-state index contributed by atoms with van der Waals surface area (Å²) in [5.74, 6) is -1.60. The quantitative estimate of drug-likeness (QED) is 0.571. The number of carbonyl (C=O) groups is 2. The largest absolute Gasteiger partial charge is 0.481 e. The Kier molecular flexibility index (Phi) is 7.38. The molecule has 0 aliphatic carbocycles. The van der Waals surface area contributed by atoms with E-state index < -0.39 is 27.4 Å². The predicted octanol–water partition coefficient (Wildman–Crippen LogP) is 1.45. The van der Waals surface area contributed by atoms with Crippen molar-refractivity contribution in [2.24, 2.45) is 0 Å². The number of carbonyl (C=O) groups excluding carboxylic acids is 1. The third-order valence-corrected chi connectivity index (χ3v) is 4.78. The third kappa shape index (κ3) is 7.10. The van der Waals surface area contributed by atoms with Crippen molar-refractivity contribution in [3.8, 4) is 0 Å². The number of carboxylic acid groups (broad SMARTS) is 1. The van der Waals surface area contributed by atoms with Crippen molar-refractivity contribution in [1.29, 1.82) is 0 Å². The number of aliphatic carboxylic acids is 1. The Bertz CT molecular complexity index is 719. The first-order valence-electron chi connectivity index (χ1n) is 7.74. The highest BCUT2D eigenvalue weighted by Gasteiger charge is 2.30. The number of hydrogen-bond acceptors (Lipinski definition) is 5. The Morgan fingerprint density at radius 1 is 1.32 bits per heavy atom. The Morgan fingerprint density at radius 2 is 2.00 bits per heavy atom. The fourth-order valence-electron chi connectivity index (χ4n) is 2.35. The number of ether oxygens (including phenoxy) is 1. The second kappa shape index (κ2) is 8.82. The number of methoxy groups -OCH3 is 1. The molecule has 0 spiro atoms. The number of amides is 1. The minimum absolute atomic E-state index is 0.0199. The molecule has 0 fully saturated rings. The van der Waals surface area contributed by atoms with Gasteiger partial charge in [-0.25, -0.2) is 8.42 Å². The molecular weight excluding hydrogens is 348 g/mol. The number of hydrogen-bond donors (Lipinski definition) is 3. The maximum Gasteiger partial charge on any atom is 0.305 e. The van der Waals surface area contributed by atoms with E-state index in [-0.39, 0.29) is 30.0 Å². The summed E-state index contributed by atoms with van der Waals surface area (Å²) in [6, 6.07) is 6.00. The molecule has 1 amide bonds. The molecule has 1 unspecified atom stereocenters. The average Bonchev–Trinajstić information content (AvgIpc) is 2.45. The zero-order valence-corrected chi connectivity index (χ0v) is 15.4. The summed E-state index contributed by atoms with van der Waals surface area (Å²) < 4.78 is 31.0. The van der Waals surface area contributed by atoms with E-state index in [1.165, 1.54) is 25.3 Å². The van der Waals surface area contributed by atoms with Crippen LogP contribution in [0, 0.1) is 0 Å². The van der Waals surface area contributed by atoms with Crippen molar-refractivity contribution in [2.75, 3.05) is 24.2 Å². The normalized spacial score (nSPS) is 13.7.